The summed E-state index contributed by atoms with van der Waals surface area (Å²) in [4.78, 5) is 15.3. The molecular formula is C17H13FN2O2. The summed E-state index contributed by atoms with van der Waals surface area (Å²) in [6.45, 7) is 1.78. The number of fused-ring (bicyclic) bond motifs is 1. The third kappa shape index (κ3) is 2.26. The van der Waals surface area contributed by atoms with E-state index in [1.807, 2.05) is 0 Å². The summed E-state index contributed by atoms with van der Waals surface area (Å²) in [5.74, 6) is -1.18. The van der Waals surface area contributed by atoms with Crippen molar-refractivity contribution >= 4 is 22.6 Å². The number of carboxylic acids is 1. The van der Waals surface area contributed by atoms with Crippen molar-refractivity contribution in [3.63, 3.8) is 0 Å². The van der Waals surface area contributed by atoms with Crippen LogP contribution in [0.15, 0.2) is 42.6 Å². The lowest BCUT2D eigenvalue weighted by Crippen LogP contribution is -2.00. The molecule has 4 nitrogen and oxygen atoms in total. The number of halogens is 1. The lowest BCUT2D eigenvalue weighted by Gasteiger charge is -2.12. The number of benzene rings is 2. The molecule has 0 aliphatic carbocycles. The smallest absolute Gasteiger partial charge is 0.335 e. The molecule has 1 heterocycles. The number of nitrogens with two attached hydrogens (primary N) is 1. The van der Waals surface area contributed by atoms with Gasteiger partial charge in [0.25, 0.3) is 0 Å². The maximum absolute atomic E-state index is 14.3. The van der Waals surface area contributed by atoms with Crippen LogP contribution in [-0.4, -0.2) is 16.1 Å². The van der Waals surface area contributed by atoms with Crippen LogP contribution in [0.1, 0.15) is 15.9 Å². The average Bonchev–Trinajstić information content (AvgIpc) is 2.47. The van der Waals surface area contributed by atoms with Gasteiger partial charge in [-0.3, -0.25) is 0 Å². The third-order valence-corrected chi connectivity index (χ3v) is 3.60. The normalized spacial score (nSPS) is 10.8. The van der Waals surface area contributed by atoms with Crippen molar-refractivity contribution in [3.05, 3.63) is 59.5 Å². The molecule has 0 atom stereocenters. The zero-order chi connectivity index (χ0) is 15.9. The molecule has 2 aromatic carbocycles. The number of nitrogens with zero attached hydrogens (tertiary/aromatic N) is 1. The average molecular weight is 296 g/mol. The fourth-order valence-corrected chi connectivity index (χ4v) is 2.58. The third-order valence-electron chi connectivity index (χ3n) is 3.60. The molecule has 0 amide bonds. The second-order valence-electron chi connectivity index (χ2n) is 5.09. The number of aromatic nitrogens is 1. The van der Waals surface area contributed by atoms with E-state index in [9.17, 15) is 14.3 Å². The number of aromatic carboxylic acids is 1. The Hall–Kier alpha value is -2.95. The predicted molar refractivity (Wildman–Crippen MR) is 83.2 cm³/mol. The first-order valence-electron chi connectivity index (χ1n) is 6.65. The van der Waals surface area contributed by atoms with E-state index in [1.54, 1.807) is 25.1 Å². The Morgan fingerprint density at radius 1 is 1.27 bits per heavy atom. The van der Waals surface area contributed by atoms with Crippen LogP contribution in [-0.2, 0) is 0 Å². The minimum absolute atomic E-state index is 0.0803. The summed E-state index contributed by atoms with van der Waals surface area (Å²) in [5, 5.41) is 10.5. The topological polar surface area (TPSA) is 76.2 Å². The summed E-state index contributed by atoms with van der Waals surface area (Å²) < 4.78 is 14.3. The molecular weight excluding hydrogens is 283 g/mol. The molecule has 0 aliphatic heterocycles. The SMILES string of the molecule is Cc1cccc(F)c1-c1cc(C(=O)O)cc2cnc(N)cc12. The monoisotopic (exact) mass is 296 g/mol. The highest BCUT2D eigenvalue weighted by atomic mass is 19.1. The highest BCUT2D eigenvalue weighted by Crippen LogP contribution is 2.34. The Morgan fingerprint density at radius 3 is 2.73 bits per heavy atom. The van der Waals surface area contributed by atoms with Crippen LogP contribution < -0.4 is 5.73 Å². The Bertz CT molecular complexity index is 886. The molecule has 0 saturated heterocycles. The van der Waals surface area contributed by atoms with E-state index in [0.717, 1.165) is 5.56 Å². The number of pyridine rings is 1. The number of rotatable bonds is 2. The van der Waals surface area contributed by atoms with E-state index in [-0.39, 0.29) is 5.56 Å². The largest absolute Gasteiger partial charge is 0.478 e. The van der Waals surface area contributed by atoms with Crippen molar-refractivity contribution in [1.82, 2.24) is 4.98 Å². The van der Waals surface area contributed by atoms with E-state index >= 15 is 0 Å². The van der Waals surface area contributed by atoms with Gasteiger partial charge in [-0.1, -0.05) is 12.1 Å². The van der Waals surface area contributed by atoms with E-state index in [1.165, 1.54) is 24.4 Å². The van der Waals surface area contributed by atoms with Crippen molar-refractivity contribution < 1.29 is 14.3 Å². The van der Waals surface area contributed by atoms with Crippen molar-refractivity contribution in [2.45, 2.75) is 6.92 Å². The first-order valence-corrected chi connectivity index (χ1v) is 6.65. The van der Waals surface area contributed by atoms with Crippen molar-refractivity contribution in [2.24, 2.45) is 0 Å². The number of carboxylic acid groups (broad SMARTS) is 1. The fourth-order valence-electron chi connectivity index (χ4n) is 2.58. The zero-order valence-electron chi connectivity index (χ0n) is 11.8. The summed E-state index contributed by atoms with van der Waals surface area (Å²) >= 11 is 0. The number of hydrogen-bond acceptors (Lipinski definition) is 3. The quantitative estimate of drug-likeness (QED) is 0.757. The molecule has 1 aromatic heterocycles. The number of carbonyl (C=O) groups is 1. The van der Waals surface area contributed by atoms with Gasteiger partial charge in [0.1, 0.15) is 11.6 Å². The lowest BCUT2D eigenvalue weighted by atomic mass is 9.93. The van der Waals surface area contributed by atoms with Gasteiger partial charge < -0.3 is 10.8 Å². The second-order valence-corrected chi connectivity index (χ2v) is 5.09. The van der Waals surface area contributed by atoms with Gasteiger partial charge in [-0.05, 0) is 47.7 Å². The Labute approximate surface area is 126 Å². The molecule has 22 heavy (non-hydrogen) atoms. The van der Waals surface area contributed by atoms with E-state index in [0.29, 0.717) is 27.7 Å². The minimum Gasteiger partial charge on any atom is -0.478 e. The molecule has 110 valence electrons. The molecule has 0 radical (unpaired) electrons. The number of aryl methyl sites for hydroxylation is 1. The molecule has 0 unspecified atom stereocenters. The maximum atomic E-state index is 14.3. The maximum Gasteiger partial charge on any atom is 0.335 e. The van der Waals surface area contributed by atoms with E-state index < -0.39 is 11.8 Å². The highest BCUT2D eigenvalue weighted by molar-refractivity contribution is 6.03. The first kappa shape index (κ1) is 14.0. The van der Waals surface area contributed by atoms with Crippen LogP contribution in [0.3, 0.4) is 0 Å². The molecule has 0 spiro atoms. The molecule has 3 aromatic rings. The zero-order valence-corrected chi connectivity index (χ0v) is 11.8. The van der Waals surface area contributed by atoms with Gasteiger partial charge in [-0.15, -0.1) is 0 Å². The molecule has 0 fully saturated rings. The number of hydrogen-bond donors (Lipinski definition) is 2. The standard InChI is InChI=1S/C17H13FN2O2/c1-9-3-2-4-14(18)16(9)13-6-10(17(21)22)5-11-8-20-15(19)7-12(11)13/h2-8H,1H3,(H2,19,20)(H,21,22). The Balaban J connectivity index is 2.45. The molecule has 3 N–H and O–H groups in total. The van der Waals surface area contributed by atoms with Gasteiger partial charge in [0.2, 0.25) is 0 Å². The van der Waals surface area contributed by atoms with Crippen molar-refractivity contribution in [2.75, 3.05) is 5.73 Å². The van der Waals surface area contributed by atoms with E-state index in [2.05, 4.69) is 4.98 Å². The van der Waals surface area contributed by atoms with Gasteiger partial charge in [0.05, 0.1) is 5.56 Å². The van der Waals surface area contributed by atoms with Crippen molar-refractivity contribution in [1.29, 1.82) is 0 Å². The van der Waals surface area contributed by atoms with Crippen LogP contribution in [0.4, 0.5) is 10.2 Å². The van der Waals surface area contributed by atoms with Crippen LogP contribution in [0.2, 0.25) is 0 Å². The summed E-state index contributed by atoms with van der Waals surface area (Å²) in [6, 6.07) is 9.35. The van der Waals surface area contributed by atoms with Gasteiger partial charge >= 0.3 is 5.97 Å². The lowest BCUT2D eigenvalue weighted by molar-refractivity contribution is 0.0697. The second kappa shape index (κ2) is 5.11. The summed E-state index contributed by atoms with van der Waals surface area (Å²) in [7, 11) is 0. The number of nitrogen functional groups attached to an aromatic ring is 1. The van der Waals surface area contributed by atoms with Crippen LogP contribution >= 0.6 is 0 Å². The van der Waals surface area contributed by atoms with Gasteiger partial charge in [0.15, 0.2) is 0 Å². The van der Waals surface area contributed by atoms with Gasteiger partial charge in [0, 0.05) is 17.1 Å². The molecule has 5 heteroatoms. The van der Waals surface area contributed by atoms with E-state index in [4.69, 9.17) is 5.73 Å². The molecule has 0 bridgehead atoms. The van der Waals surface area contributed by atoms with Crippen LogP contribution in [0.5, 0.6) is 0 Å². The molecule has 3 rings (SSSR count). The van der Waals surface area contributed by atoms with Crippen LogP contribution in [0.25, 0.3) is 21.9 Å². The predicted octanol–water partition coefficient (Wildman–Crippen LogP) is 3.63. The first-order chi connectivity index (χ1) is 10.5. The van der Waals surface area contributed by atoms with Crippen LogP contribution in [0, 0.1) is 12.7 Å². The Kier molecular flexibility index (Phi) is 3.25. The molecule has 0 aliphatic rings. The summed E-state index contributed by atoms with van der Waals surface area (Å²) in [6.07, 6.45) is 1.50. The molecule has 0 saturated carbocycles. The fraction of sp³-hybridized carbons (Fsp3) is 0.0588. The number of anilines is 1. The van der Waals surface area contributed by atoms with Gasteiger partial charge in [-0.2, -0.15) is 0 Å². The Morgan fingerprint density at radius 2 is 2.05 bits per heavy atom. The minimum atomic E-state index is -1.08. The van der Waals surface area contributed by atoms with Crippen molar-refractivity contribution in [3.8, 4) is 11.1 Å². The highest BCUT2D eigenvalue weighted by Gasteiger charge is 2.15. The van der Waals surface area contributed by atoms with Gasteiger partial charge in [-0.25, -0.2) is 14.2 Å². The summed E-state index contributed by atoms with van der Waals surface area (Å²) in [5.41, 5.74) is 7.40.